The Morgan fingerprint density at radius 1 is 1.00 bits per heavy atom. The number of carbonyl (C=O) groups is 1. The van der Waals surface area contributed by atoms with E-state index in [1.165, 1.54) is 6.21 Å². The molecule has 0 atom stereocenters. The molecule has 4 aromatic rings. The fourth-order valence-electron chi connectivity index (χ4n) is 4.01. The molecule has 0 unspecified atom stereocenters. The Kier molecular flexibility index (Phi) is 7.85. The lowest BCUT2D eigenvalue weighted by molar-refractivity contribution is -0.131. The highest BCUT2D eigenvalue weighted by molar-refractivity contribution is 6.00. The summed E-state index contributed by atoms with van der Waals surface area (Å²) in [6, 6.07) is 21.2. The quantitative estimate of drug-likeness (QED) is 0.109. The lowest BCUT2D eigenvalue weighted by atomic mass is 9.87. The maximum atomic E-state index is 10.9. The minimum absolute atomic E-state index is 0.417. The van der Waals surface area contributed by atoms with Gasteiger partial charge in [-0.25, -0.2) is 9.78 Å². The molecule has 1 aromatic heterocycles. The van der Waals surface area contributed by atoms with E-state index in [1.807, 2.05) is 66.7 Å². The second-order valence-corrected chi connectivity index (χ2v) is 8.16. The number of benzene rings is 3. The molecule has 184 valence electrons. The topological polar surface area (TPSA) is 122 Å². The third-order valence-corrected chi connectivity index (χ3v) is 5.77. The van der Waals surface area contributed by atoms with Gasteiger partial charge in [-0.2, -0.15) is 0 Å². The minimum Gasteiger partial charge on any atom is -0.478 e. The second kappa shape index (κ2) is 11.6. The molecule has 0 aliphatic heterocycles. The maximum absolute atomic E-state index is 10.9. The zero-order chi connectivity index (χ0) is 26.2. The molecule has 0 saturated carbocycles. The summed E-state index contributed by atoms with van der Waals surface area (Å²) in [6.07, 6.45) is 9.39. The fourth-order valence-corrected chi connectivity index (χ4v) is 4.01. The van der Waals surface area contributed by atoms with Gasteiger partial charge in [0.05, 0.1) is 6.20 Å². The zero-order valence-corrected chi connectivity index (χ0v) is 20.3. The molecular weight excluding hydrogens is 464 g/mol. The average molecular weight is 491 g/mol. The number of allylic oxidation sites excluding steroid dienone is 1. The predicted molar refractivity (Wildman–Crippen MR) is 147 cm³/mol. The van der Waals surface area contributed by atoms with Crippen molar-refractivity contribution in [3.05, 3.63) is 119 Å². The molecule has 4 N–H and O–H groups in total. The Labute approximate surface area is 215 Å². The monoisotopic (exact) mass is 490 g/mol. The molecule has 0 saturated heterocycles. The summed E-state index contributed by atoms with van der Waals surface area (Å²) in [7, 11) is 0. The third kappa shape index (κ3) is 6.15. The first-order chi connectivity index (χ1) is 18.0. The zero-order valence-electron chi connectivity index (χ0n) is 20.3. The van der Waals surface area contributed by atoms with Crippen LogP contribution in [-0.4, -0.2) is 27.3 Å². The van der Waals surface area contributed by atoms with Gasteiger partial charge in [0.15, 0.2) is 0 Å². The van der Waals surface area contributed by atoms with Crippen LogP contribution >= 0.6 is 0 Å². The number of ether oxygens (including phenoxy) is 1. The van der Waals surface area contributed by atoms with E-state index in [-0.39, 0.29) is 0 Å². The molecule has 0 aliphatic rings. The van der Waals surface area contributed by atoms with Gasteiger partial charge >= 0.3 is 5.97 Å². The summed E-state index contributed by atoms with van der Waals surface area (Å²) in [4.78, 5) is 19.1. The Morgan fingerprint density at radius 3 is 2.32 bits per heavy atom. The maximum Gasteiger partial charge on any atom is 0.328 e. The van der Waals surface area contributed by atoms with Gasteiger partial charge in [0.25, 0.3) is 0 Å². The number of nitrogen functional groups attached to an aromatic ring is 1. The smallest absolute Gasteiger partial charge is 0.328 e. The first-order valence-electron chi connectivity index (χ1n) is 11.7. The molecule has 7 heteroatoms. The van der Waals surface area contributed by atoms with Gasteiger partial charge in [-0.3, -0.25) is 4.98 Å². The highest BCUT2D eigenvalue weighted by Gasteiger charge is 2.15. The summed E-state index contributed by atoms with van der Waals surface area (Å²) < 4.78 is 5.80. The van der Waals surface area contributed by atoms with Gasteiger partial charge < -0.3 is 21.0 Å². The van der Waals surface area contributed by atoms with Crippen LogP contribution in [-0.2, 0) is 4.79 Å². The van der Waals surface area contributed by atoms with Crippen LogP contribution in [0.5, 0.6) is 11.6 Å². The van der Waals surface area contributed by atoms with E-state index in [4.69, 9.17) is 21.0 Å². The summed E-state index contributed by atoms with van der Waals surface area (Å²) in [6.45, 7) is 2.10. The molecule has 37 heavy (non-hydrogen) atoms. The largest absolute Gasteiger partial charge is 0.478 e. The van der Waals surface area contributed by atoms with Gasteiger partial charge in [0.1, 0.15) is 5.75 Å². The number of anilines is 1. The van der Waals surface area contributed by atoms with E-state index in [0.29, 0.717) is 22.9 Å². The molecule has 0 spiro atoms. The predicted octanol–water partition coefficient (Wildman–Crippen LogP) is 6.32. The number of nitrogens with two attached hydrogens (primary N) is 1. The normalized spacial score (nSPS) is 11.7. The molecule has 0 aliphatic carbocycles. The van der Waals surface area contributed by atoms with Crippen molar-refractivity contribution in [2.75, 3.05) is 5.73 Å². The standard InChI is InChI=1S/C30H26N4O3/c1-2-26(21-8-11-25(12-9-21)37-28-19-33-15-16-34-28)30(23-10-13-27(32)24(17-23)18-31)22-6-3-20(4-7-22)5-14-29(35)36/h3-19,31H,2,32H2,1H3,(H,35,36)/b14-5+,30-26+,31-18?. The molecule has 0 bridgehead atoms. The van der Waals surface area contributed by atoms with Crippen LogP contribution in [0.1, 0.15) is 41.2 Å². The van der Waals surface area contributed by atoms with Crippen LogP contribution in [0.25, 0.3) is 17.2 Å². The van der Waals surface area contributed by atoms with Crippen LogP contribution in [0.4, 0.5) is 5.69 Å². The SMILES string of the molecule is CC/C(=C(/c1ccc(/C=C/C(=O)O)cc1)c1ccc(N)c(C=N)c1)c1ccc(Oc2cnccn2)cc1. The van der Waals surface area contributed by atoms with Crippen molar-refractivity contribution in [2.24, 2.45) is 0 Å². The molecule has 0 fully saturated rings. The summed E-state index contributed by atoms with van der Waals surface area (Å²) in [5, 5.41) is 16.7. The van der Waals surface area contributed by atoms with Crippen LogP contribution in [0, 0.1) is 5.41 Å². The number of carboxylic acids is 1. The highest BCUT2D eigenvalue weighted by Crippen LogP contribution is 2.36. The van der Waals surface area contributed by atoms with E-state index in [1.54, 1.807) is 24.7 Å². The van der Waals surface area contributed by atoms with Gasteiger partial charge in [-0.15, -0.1) is 0 Å². The molecule has 7 nitrogen and oxygen atoms in total. The number of hydrogen-bond donors (Lipinski definition) is 3. The van der Waals surface area contributed by atoms with Gasteiger partial charge in [0.2, 0.25) is 5.88 Å². The first-order valence-corrected chi connectivity index (χ1v) is 11.7. The fraction of sp³-hybridized carbons (Fsp3) is 0.0667. The molecule has 0 radical (unpaired) electrons. The minimum atomic E-state index is -0.995. The van der Waals surface area contributed by atoms with Gasteiger partial charge in [-0.05, 0) is 70.2 Å². The molecular formula is C30H26N4O3. The van der Waals surface area contributed by atoms with Crippen molar-refractivity contribution in [1.29, 1.82) is 5.41 Å². The number of carboxylic acid groups (broad SMARTS) is 1. The molecule has 0 amide bonds. The second-order valence-electron chi connectivity index (χ2n) is 8.16. The number of nitrogens with one attached hydrogen (secondary N) is 1. The molecule has 4 rings (SSSR count). The Morgan fingerprint density at radius 2 is 1.70 bits per heavy atom. The van der Waals surface area contributed by atoms with E-state index in [0.717, 1.165) is 45.9 Å². The summed E-state index contributed by atoms with van der Waals surface area (Å²) in [5.74, 6) is 0.0698. The van der Waals surface area contributed by atoms with Crippen LogP contribution < -0.4 is 10.5 Å². The number of hydrogen-bond acceptors (Lipinski definition) is 6. The van der Waals surface area contributed by atoms with Crippen molar-refractivity contribution in [3.63, 3.8) is 0 Å². The third-order valence-electron chi connectivity index (χ3n) is 5.77. The number of aromatic nitrogens is 2. The Balaban J connectivity index is 1.80. The number of rotatable bonds is 9. The van der Waals surface area contributed by atoms with Crippen molar-refractivity contribution in [3.8, 4) is 11.6 Å². The van der Waals surface area contributed by atoms with Crippen molar-refractivity contribution in [2.45, 2.75) is 13.3 Å². The Bertz CT molecular complexity index is 1460. The van der Waals surface area contributed by atoms with E-state index in [2.05, 4.69) is 16.9 Å². The van der Waals surface area contributed by atoms with Crippen LogP contribution in [0.15, 0.2) is 91.4 Å². The first kappa shape index (κ1) is 25.1. The molecule has 3 aromatic carbocycles. The lowest BCUT2D eigenvalue weighted by Gasteiger charge is -2.18. The van der Waals surface area contributed by atoms with Crippen molar-refractivity contribution >= 4 is 35.1 Å². The van der Waals surface area contributed by atoms with Gasteiger partial charge in [-0.1, -0.05) is 49.4 Å². The average Bonchev–Trinajstić information content (AvgIpc) is 2.92. The van der Waals surface area contributed by atoms with Crippen LogP contribution in [0.3, 0.4) is 0 Å². The van der Waals surface area contributed by atoms with E-state index in [9.17, 15) is 4.79 Å². The van der Waals surface area contributed by atoms with Gasteiger partial charge in [0, 0.05) is 35.9 Å². The van der Waals surface area contributed by atoms with Crippen molar-refractivity contribution in [1.82, 2.24) is 9.97 Å². The van der Waals surface area contributed by atoms with E-state index >= 15 is 0 Å². The van der Waals surface area contributed by atoms with Crippen molar-refractivity contribution < 1.29 is 14.6 Å². The summed E-state index contributed by atoms with van der Waals surface area (Å²) in [5.41, 5.74) is 13.0. The summed E-state index contributed by atoms with van der Waals surface area (Å²) >= 11 is 0. The van der Waals surface area contributed by atoms with Crippen LogP contribution in [0.2, 0.25) is 0 Å². The lowest BCUT2D eigenvalue weighted by Crippen LogP contribution is -1.99. The number of aliphatic carboxylic acids is 1. The molecule has 1 heterocycles. The number of nitrogens with zero attached hydrogens (tertiary/aromatic N) is 2. The highest BCUT2D eigenvalue weighted by atomic mass is 16.5. The van der Waals surface area contributed by atoms with E-state index < -0.39 is 5.97 Å². The Hall–Kier alpha value is -5.04.